The van der Waals surface area contributed by atoms with Crippen molar-refractivity contribution >= 4 is 28.9 Å². The smallest absolute Gasteiger partial charge is 0.123 e. The molecule has 1 aromatic carbocycles. The minimum Gasteiger partial charge on any atom is -0.303 e. The van der Waals surface area contributed by atoms with E-state index in [0.717, 1.165) is 15.4 Å². The van der Waals surface area contributed by atoms with Crippen molar-refractivity contribution in [1.82, 2.24) is 0 Å². The van der Waals surface area contributed by atoms with Gasteiger partial charge in [-0.2, -0.15) is 0 Å². The van der Waals surface area contributed by atoms with E-state index in [9.17, 15) is 9.18 Å². The number of hydrogen-bond donors (Lipinski definition) is 0. The van der Waals surface area contributed by atoms with E-state index >= 15 is 0 Å². The van der Waals surface area contributed by atoms with Crippen molar-refractivity contribution in [2.75, 3.05) is 0 Å². The Balaban J connectivity index is 2.82. The number of halogens is 2. The lowest BCUT2D eigenvalue weighted by Gasteiger charge is -2.00. The predicted octanol–water partition coefficient (Wildman–Crippen LogP) is 2.56. The van der Waals surface area contributed by atoms with Gasteiger partial charge in [-0.3, -0.25) is 0 Å². The van der Waals surface area contributed by atoms with Gasteiger partial charge in [-0.1, -0.05) is 0 Å². The van der Waals surface area contributed by atoms with Crippen LogP contribution < -0.4 is 0 Å². The van der Waals surface area contributed by atoms with Crippen LogP contribution in [0.25, 0.3) is 0 Å². The average molecular weight is 278 g/mol. The molecule has 1 nitrogen and oxygen atoms in total. The van der Waals surface area contributed by atoms with E-state index in [0.29, 0.717) is 12.8 Å². The van der Waals surface area contributed by atoms with Crippen LogP contribution in [0.4, 0.5) is 4.39 Å². The fourth-order valence-corrected chi connectivity index (χ4v) is 1.55. The Hall–Kier alpha value is -0.450. The highest BCUT2D eigenvalue weighted by Gasteiger charge is 2.00. The quantitative estimate of drug-likeness (QED) is 0.613. The van der Waals surface area contributed by atoms with Crippen LogP contribution in [0, 0.1) is 9.39 Å². The van der Waals surface area contributed by atoms with Gasteiger partial charge in [-0.15, -0.1) is 0 Å². The topological polar surface area (TPSA) is 17.1 Å². The third kappa shape index (κ3) is 2.55. The minimum absolute atomic E-state index is 0.240. The third-order valence-electron chi connectivity index (χ3n) is 1.54. The molecule has 0 saturated heterocycles. The molecule has 0 bridgehead atoms. The van der Waals surface area contributed by atoms with E-state index in [1.807, 2.05) is 0 Å². The van der Waals surface area contributed by atoms with Crippen LogP contribution in [-0.2, 0) is 11.2 Å². The maximum atomic E-state index is 12.7. The molecule has 0 aliphatic rings. The van der Waals surface area contributed by atoms with Crippen LogP contribution in [0.2, 0.25) is 0 Å². The summed E-state index contributed by atoms with van der Waals surface area (Å²) in [5.74, 6) is -0.240. The highest BCUT2D eigenvalue weighted by molar-refractivity contribution is 14.1. The van der Waals surface area contributed by atoms with E-state index in [1.54, 1.807) is 6.07 Å². The average Bonchev–Trinajstić information content (AvgIpc) is 2.07. The lowest BCUT2D eigenvalue weighted by molar-refractivity contribution is -0.107. The molecule has 1 rings (SSSR count). The molecule has 0 fully saturated rings. The van der Waals surface area contributed by atoms with Crippen molar-refractivity contribution in [2.45, 2.75) is 12.8 Å². The van der Waals surface area contributed by atoms with Gasteiger partial charge in [0.1, 0.15) is 12.1 Å². The second-order valence-electron chi connectivity index (χ2n) is 2.44. The summed E-state index contributed by atoms with van der Waals surface area (Å²) in [6, 6.07) is 4.62. The van der Waals surface area contributed by atoms with Crippen LogP contribution in [0.1, 0.15) is 12.0 Å². The summed E-state index contributed by atoms with van der Waals surface area (Å²) < 4.78 is 13.7. The molecule has 0 aromatic heterocycles. The van der Waals surface area contributed by atoms with Crippen molar-refractivity contribution in [3.63, 3.8) is 0 Å². The fourth-order valence-electron chi connectivity index (χ4n) is 0.949. The summed E-state index contributed by atoms with van der Waals surface area (Å²) in [4.78, 5) is 10.1. The molecule has 0 amide bonds. The molecule has 0 unspecified atom stereocenters. The fraction of sp³-hybridized carbons (Fsp3) is 0.222. The van der Waals surface area contributed by atoms with Crippen molar-refractivity contribution in [2.24, 2.45) is 0 Å². The standard InChI is InChI=1S/C9H8FIO/c10-8-3-4-9(11)7(6-8)2-1-5-12/h3-6H,1-2H2. The van der Waals surface area contributed by atoms with Gasteiger partial charge >= 0.3 is 0 Å². The van der Waals surface area contributed by atoms with Crippen LogP contribution in [0.5, 0.6) is 0 Å². The van der Waals surface area contributed by atoms with Gasteiger partial charge in [0.25, 0.3) is 0 Å². The maximum absolute atomic E-state index is 12.7. The first-order chi connectivity index (χ1) is 5.74. The van der Waals surface area contributed by atoms with Gasteiger partial charge in [-0.25, -0.2) is 4.39 Å². The molecule has 12 heavy (non-hydrogen) atoms. The van der Waals surface area contributed by atoms with E-state index in [2.05, 4.69) is 22.6 Å². The van der Waals surface area contributed by atoms with E-state index < -0.39 is 0 Å². The highest BCUT2D eigenvalue weighted by Crippen LogP contribution is 2.14. The van der Waals surface area contributed by atoms with Crippen molar-refractivity contribution in [3.05, 3.63) is 33.1 Å². The minimum atomic E-state index is -0.240. The van der Waals surface area contributed by atoms with E-state index in [4.69, 9.17) is 0 Å². The first kappa shape index (κ1) is 9.64. The molecule has 0 aliphatic carbocycles. The number of aryl methyl sites for hydroxylation is 1. The Morgan fingerprint density at radius 2 is 2.25 bits per heavy atom. The molecule has 0 spiro atoms. The van der Waals surface area contributed by atoms with Crippen LogP contribution in [0.3, 0.4) is 0 Å². The van der Waals surface area contributed by atoms with Gasteiger partial charge in [-0.05, 0) is 52.8 Å². The monoisotopic (exact) mass is 278 g/mol. The van der Waals surface area contributed by atoms with Gasteiger partial charge in [0, 0.05) is 9.99 Å². The van der Waals surface area contributed by atoms with Gasteiger partial charge in [0.05, 0.1) is 0 Å². The number of carbonyl (C=O) groups excluding carboxylic acids is 1. The molecular weight excluding hydrogens is 270 g/mol. The first-order valence-electron chi connectivity index (χ1n) is 3.61. The van der Waals surface area contributed by atoms with Crippen molar-refractivity contribution < 1.29 is 9.18 Å². The second kappa shape index (κ2) is 4.54. The first-order valence-corrected chi connectivity index (χ1v) is 4.69. The number of benzene rings is 1. The maximum Gasteiger partial charge on any atom is 0.123 e. The Bertz CT molecular complexity index is 286. The van der Waals surface area contributed by atoms with Gasteiger partial charge < -0.3 is 4.79 Å². The third-order valence-corrected chi connectivity index (χ3v) is 2.59. The summed E-state index contributed by atoms with van der Waals surface area (Å²) in [5, 5.41) is 0. The molecule has 1 aromatic rings. The Morgan fingerprint density at radius 3 is 2.92 bits per heavy atom. The van der Waals surface area contributed by atoms with Gasteiger partial charge in [0.15, 0.2) is 0 Å². The molecule has 3 heteroatoms. The summed E-state index contributed by atoms with van der Waals surface area (Å²) in [5.41, 5.74) is 0.905. The molecule has 0 N–H and O–H groups in total. The van der Waals surface area contributed by atoms with Crippen molar-refractivity contribution in [3.8, 4) is 0 Å². The normalized spacial score (nSPS) is 9.83. The SMILES string of the molecule is O=CCCc1cc(F)ccc1I. The Kier molecular flexibility index (Phi) is 3.65. The summed E-state index contributed by atoms with van der Waals surface area (Å²) in [6.07, 6.45) is 1.93. The second-order valence-corrected chi connectivity index (χ2v) is 3.60. The lowest BCUT2D eigenvalue weighted by Crippen LogP contribution is -1.91. The summed E-state index contributed by atoms with van der Waals surface area (Å²) >= 11 is 2.13. The van der Waals surface area contributed by atoms with Crippen LogP contribution >= 0.6 is 22.6 Å². The Labute approximate surface area is 84.1 Å². The molecule has 64 valence electrons. The zero-order valence-corrected chi connectivity index (χ0v) is 8.55. The lowest BCUT2D eigenvalue weighted by atomic mass is 10.1. The highest BCUT2D eigenvalue weighted by atomic mass is 127. The number of aldehydes is 1. The predicted molar refractivity (Wildman–Crippen MR) is 53.5 cm³/mol. The van der Waals surface area contributed by atoms with Gasteiger partial charge in [0.2, 0.25) is 0 Å². The van der Waals surface area contributed by atoms with E-state index in [1.165, 1.54) is 12.1 Å². The number of hydrogen-bond acceptors (Lipinski definition) is 1. The van der Waals surface area contributed by atoms with Crippen LogP contribution in [-0.4, -0.2) is 6.29 Å². The molecule has 0 atom stereocenters. The van der Waals surface area contributed by atoms with E-state index in [-0.39, 0.29) is 5.82 Å². The van der Waals surface area contributed by atoms with Crippen LogP contribution in [0.15, 0.2) is 18.2 Å². The number of rotatable bonds is 3. The van der Waals surface area contributed by atoms with Crippen molar-refractivity contribution in [1.29, 1.82) is 0 Å². The molecule has 0 aliphatic heterocycles. The summed E-state index contributed by atoms with van der Waals surface area (Å²) in [6.45, 7) is 0. The summed E-state index contributed by atoms with van der Waals surface area (Å²) in [7, 11) is 0. The zero-order valence-electron chi connectivity index (χ0n) is 6.39. The Morgan fingerprint density at radius 1 is 1.50 bits per heavy atom. The number of carbonyl (C=O) groups is 1. The largest absolute Gasteiger partial charge is 0.303 e. The zero-order chi connectivity index (χ0) is 8.97. The molecule has 0 saturated carbocycles. The molecule has 0 radical (unpaired) electrons. The molecule has 0 heterocycles. The molecular formula is C9H8FIO.